The van der Waals surface area contributed by atoms with Gasteiger partial charge in [-0.2, -0.15) is 0 Å². The van der Waals surface area contributed by atoms with Crippen LogP contribution in [0.2, 0.25) is 0 Å². The first-order valence-electron chi connectivity index (χ1n) is 7.78. The van der Waals surface area contributed by atoms with Crippen molar-refractivity contribution < 1.29 is 4.79 Å². The van der Waals surface area contributed by atoms with Gasteiger partial charge in [-0.1, -0.05) is 13.8 Å². The second-order valence-corrected chi connectivity index (χ2v) is 7.80. The molecule has 0 aromatic carbocycles. The lowest BCUT2D eigenvalue weighted by atomic mass is 9.48. The van der Waals surface area contributed by atoms with Gasteiger partial charge in [0, 0.05) is 5.41 Å². The van der Waals surface area contributed by atoms with Crippen molar-refractivity contribution in [3.63, 3.8) is 0 Å². The average Bonchev–Trinajstić information content (AvgIpc) is 2.25. The number of nitrogens with two attached hydrogens (primary N) is 1. The van der Waals surface area contributed by atoms with Crippen LogP contribution in [0.1, 0.15) is 58.8 Å². The molecule has 0 aromatic rings. The summed E-state index contributed by atoms with van der Waals surface area (Å²) in [6.45, 7) is 4.32. The zero-order valence-corrected chi connectivity index (χ0v) is 11.8. The smallest absolute Gasteiger partial charge is 0.155 e. The summed E-state index contributed by atoms with van der Waals surface area (Å²) in [5.41, 5.74) is 6.19. The van der Waals surface area contributed by atoms with Crippen molar-refractivity contribution >= 4 is 5.78 Å². The van der Waals surface area contributed by atoms with E-state index in [1.165, 1.54) is 19.3 Å². The highest BCUT2D eigenvalue weighted by Crippen LogP contribution is 2.60. The molecule has 4 aliphatic rings. The average molecular weight is 249 g/mol. The van der Waals surface area contributed by atoms with E-state index >= 15 is 0 Å². The van der Waals surface area contributed by atoms with Crippen LogP contribution in [0.3, 0.4) is 0 Å². The topological polar surface area (TPSA) is 43.1 Å². The van der Waals surface area contributed by atoms with Crippen molar-refractivity contribution in [2.24, 2.45) is 34.8 Å². The lowest BCUT2D eigenvalue weighted by Crippen LogP contribution is -2.54. The molecule has 0 spiro atoms. The lowest BCUT2D eigenvalue weighted by Gasteiger charge is -2.56. The summed E-state index contributed by atoms with van der Waals surface area (Å²) in [4.78, 5) is 12.8. The normalized spacial score (nSPS) is 43.4. The molecular weight excluding hydrogens is 222 g/mol. The molecule has 1 unspecified atom stereocenters. The number of hydrogen-bond donors (Lipinski definition) is 1. The Balaban J connectivity index is 1.76. The van der Waals surface area contributed by atoms with Crippen LogP contribution in [0.4, 0.5) is 0 Å². The molecule has 0 aromatic heterocycles. The fourth-order valence-electron chi connectivity index (χ4n) is 5.42. The Bertz CT molecular complexity index is 312. The van der Waals surface area contributed by atoms with Crippen molar-refractivity contribution in [3.8, 4) is 0 Å². The maximum absolute atomic E-state index is 12.8. The minimum atomic E-state index is -0.207. The summed E-state index contributed by atoms with van der Waals surface area (Å²) >= 11 is 0. The Morgan fingerprint density at radius 3 is 1.94 bits per heavy atom. The maximum atomic E-state index is 12.8. The van der Waals surface area contributed by atoms with Crippen LogP contribution in [0.5, 0.6) is 0 Å². The molecule has 4 saturated carbocycles. The van der Waals surface area contributed by atoms with Gasteiger partial charge in [0.25, 0.3) is 0 Å². The first-order chi connectivity index (χ1) is 8.48. The van der Waals surface area contributed by atoms with E-state index in [0.717, 1.165) is 43.4 Å². The van der Waals surface area contributed by atoms with Crippen LogP contribution in [0, 0.1) is 29.1 Å². The van der Waals surface area contributed by atoms with Gasteiger partial charge in [-0.3, -0.25) is 4.79 Å². The molecule has 0 radical (unpaired) electrons. The molecule has 1 atom stereocenters. The van der Waals surface area contributed by atoms with E-state index in [4.69, 9.17) is 5.73 Å². The van der Waals surface area contributed by atoms with Gasteiger partial charge >= 0.3 is 0 Å². The molecule has 4 rings (SSSR count). The summed E-state index contributed by atoms with van der Waals surface area (Å²) in [5, 5.41) is 0. The van der Waals surface area contributed by atoms with Crippen LogP contribution < -0.4 is 5.73 Å². The molecule has 4 bridgehead atoms. The van der Waals surface area contributed by atoms with E-state index in [1.807, 2.05) is 0 Å². The molecule has 2 nitrogen and oxygen atoms in total. The van der Waals surface area contributed by atoms with Crippen LogP contribution in [0.25, 0.3) is 0 Å². The van der Waals surface area contributed by atoms with E-state index in [0.29, 0.717) is 11.7 Å². The molecule has 18 heavy (non-hydrogen) atoms. The van der Waals surface area contributed by atoms with Gasteiger partial charge in [0.1, 0.15) is 0 Å². The Hall–Kier alpha value is -0.370. The minimum absolute atomic E-state index is 0.00303. The van der Waals surface area contributed by atoms with Gasteiger partial charge in [0.05, 0.1) is 6.04 Å². The largest absolute Gasteiger partial charge is 0.321 e. The van der Waals surface area contributed by atoms with E-state index in [9.17, 15) is 4.79 Å². The molecule has 2 N–H and O–H groups in total. The second kappa shape index (κ2) is 4.33. The fourth-order valence-corrected chi connectivity index (χ4v) is 5.42. The molecule has 0 amide bonds. The zero-order chi connectivity index (χ0) is 12.9. The third kappa shape index (κ3) is 2.03. The van der Waals surface area contributed by atoms with Gasteiger partial charge in [-0.05, 0) is 68.6 Å². The number of carbonyl (C=O) groups excluding carboxylic acids is 1. The Morgan fingerprint density at radius 1 is 1.11 bits per heavy atom. The quantitative estimate of drug-likeness (QED) is 0.831. The van der Waals surface area contributed by atoms with Gasteiger partial charge in [0.2, 0.25) is 0 Å². The van der Waals surface area contributed by atoms with E-state index in [1.54, 1.807) is 0 Å². The number of rotatable bonds is 4. The predicted octanol–water partition coefficient (Wildman–Crippen LogP) is 3.15. The van der Waals surface area contributed by atoms with E-state index in [-0.39, 0.29) is 11.5 Å². The van der Waals surface area contributed by atoms with Crippen molar-refractivity contribution in [1.29, 1.82) is 0 Å². The fraction of sp³-hybridized carbons (Fsp3) is 0.938. The Morgan fingerprint density at radius 2 is 1.56 bits per heavy atom. The van der Waals surface area contributed by atoms with Crippen molar-refractivity contribution in [2.45, 2.75) is 64.8 Å². The standard InChI is InChI=1S/C16H27NO/c1-10(2)3-14(17)15(18)16-7-11-4-12(8-16)6-13(5-11)9-16/h10-14H,3-9,17H2,1-2H3. The molecular formula is C16H27NO. The van der Waals surface area contributed by atoms with Crippen LogP contribution in [-0.2, 0) is 4.79 Å². The third-order valence-corrected chi connectivity index (χ3v) is 5.62. The SMILES string of the molecule is CC(C)CC(N)C(=O)C12CC3CC(CC(C3)C1)C2. The lowest BCUT2D eigenvalue weighted by molar-refractivity contribution is -0.145. The number of Topliss-reactive ketones (excluding diaryl/α,β-unsaturated/α-hetero) is 1. The first-order valence-corrected chi connectivity index (χ1v) is 7.78. The van der Waals surface area contributed by atoms with Crippen LogP contribution in [0.15, 0.2) is 0 Å². The van der Waals surface area contributed by atoms with Gasteiger partial charge < -0.3 is 5.73 Å². The van der Waals surface area contributed by atoms with Crippen LogP contribution >= 0.6 is 0 Å². The summed E-state index contributed by atoms with van der Waals surface area (Å²) in [6.07, 6.45) is 8.52. The van der Waals surface area contributed by atoms with Crippen molar-refractivity contribution in [2.75, 3.05) is 0 Å². The van der Waals surface area contributed by atoms with Crippen molar-refractivity contribution in [3.05, 3.63) is 0 Å². The molecule has 4 fully saturated rings. The summed E-state index contributed by atoms with van der Waals surface area (Å²) in [5.74, 6) is 3.46. The van der Waals surface area contributed by atoms with E-state index < -0.39 is 0 Å². The predicted molar refractivity (Wildman–Crippen MR) is 73.0 cm³/mol. The highest BCUT2D eigenvalue weighted by Gasteiger charge is 2.55. The highest BCUT2D eigenvalue weighted by atomic mass is 16.1. The third-order valence-electron chi connectivity index (χ3n) is 5.62. The molecule has 2 heteroatoms. The minimum Gasteiger partial charge on any atom is -0.321 e. The summed E-state index contributed by atoms with van der Waals surface area (Å²) < 4.78 is 0. The molecule has 4 aliphatic carbocycles. The van der Waals surface area contributed by atoms with Gasteiger partial charge in [-0.25, -0.2) is 0 Å². The maximum Gasteiger partial charge on any atom is 0.155 e. The number of carbonyl (C=O) groups is 1. The molecule has 102 valence electrons. The molecule has 0 heterocycles. The summed E-state index contributed by atoms with van der Waals surface area (Å²) in [6, 6.07) is -0.207. The molecule has 0 aliphatic heterocycles. The number of hydrogen-bond acceptors (Lipinski definition) is 2. The van der Waals surface area contributed by atoms with Gasteiger partial charge in [-0.15, -0.1) is 0 Å². The molecule has 0 saturated heterocycles. The van der Waals surface area contributed by atoms with Crippen LogP contribution in [-0.4, -0.2) is 11.8 Å². The summed E-state index contributed by atoms with van der Waals surface area (Å²) in [7, 11) is 0. The Kier molecular flexibility index (Phi) is 3.04. The van der Waals surface area contributed by atoms with E-state index in [2.05, 4.69) is 13.8 Å². The zero-order valence-electron chi connectivity index (χ0n) is 11.8. The van der Waals surface area contributed by atoms with Gasteiger partial charge in [0.15, 0.2) is 5.78 Å². The number of ketones is 1. The van der Waals surface area contributed by atoms with Crippen molar-refractivity contribution in [1.82, 2.24) is 0 Å². The second-order valence-electron chi connectivity index (χ2n) is 7.80. The highest BCUT2D eigenvalue weighted by molar-refractivity contribution is 5.90. The first kappa shape index (κ1) is 12.7. The monoisotopic (exact) mass is 249 g/mol. The Labute approximate surface area is 111 Å².